The quantitative estimate of drug-likeness (QED) is 0.643. The van der Waals surface area contributed by atoms with Crippen LogP contribution in [0.2, 0.25) is 0 Å². The van der Waals surface area contributed by atoms with E-state index in [0.29, 0.717) is 48.2 Å². The molecule has 0 N–H and O–H groups in total. The number of hydrogen-bond acceptors (Lipinski definition) is 5. The van der Waals surface area contributed by atoms with Crippen LogP contribution in [0, 0.1) is 0 Å². The van der Waals surface area contributed by atoms with Crippen molar-refractivity contribution in [3.63, 3.8) is 0 Å². The monoisotopic (exact) mass is 455 g/mol. The summed E-state index contributed by atoms with van der Waals surface area (Å²) >= 11 is 0. The number of nitrogens with zero attached hydrogens (tertiary/aromatic N) is 3. The molecule has 0 atom stereocenters. The summed E-state index contributed by atoms with van der Waals surface area (Å²) < 4.78 is 24.9. The first-order valence-electron chi connectivity index (χ1n) is 10.4. The first-order chi connectivity index (χ1) is 15.2. The minimum Gasteiger partial charge on any atom is -0.339 e. The Hall–Kier alpha value is -3.04. The van der Waals surface area contributed by atoms with Crippen LogP contribution in [0.1, 0.15) is 49.5 Å². The van der Waals surface area contributed by atoms with Gasteiger partial charge in [0.15, 0.2) is 0 Å². The predicted octanol–water partition coefficient (Wildman–Crippen LogP) is 1.98. The third kappa shape index (κ3) is 4.18. The molecule has 8 nitrogen and oxygen atoms in total. The van der Waals surface area contributed by atoms with Gasteiger partial charge in [-0.25, -0.2) is 12.7 Å². The van der Waals surface area contributed by atoms with Gasteiger partial charge in [0, 0.05) is 31.7 Å². The Morgan fingerprint density at radius 3 is 2.16 bits per heavy atom. The maximum absolute atomic E-state index is 13.0. The van der Waals surface area contributed by atoms with Crippen LogP contribution in [-0.2, 0) is 16.6 Å². The molecule has 0 aromatic heterocycles. The predicted molar refractivity (Wildman–Crippen MR) is 119 cm³/mol. The topological polar surface area (TPSA) is 95.1 Å². The molecule has 0 spiro atoms. The van der Waals surface area contributed by atoms with E-state index in [1.807, 2.05) is 0 Å². The Morgan fingerprint density at radius 2 is 1.59 bits per heavy atom. The van der Waals surface area contributed by atoms with Crippen molar-refractivity contribution in [3.8, 4) is 0 Å². The smallest absolute Gasteiger partial charge is 0.261 e. The van der Waals surface area contributed by atoms with E-state index in [-0.39, 0.29) is 30.3 Å². The van der Waals surface area contributed by atoms with E-state index >= 15 is 0 Å². The highest BCUT2D eigenvalue weighted by molar-refractivity contribution is 7.88. The second kappa shape index (κ2) is 8.48. The van der Waals surface area contributed by atoms with Gasteiger partial charge in [0.05, 0.1) is 23.9 Å². The number of imide groups is 1. The van der Waals surface area contributed by atoms with Crippen molar-refractivity contribution in [2.75, 3.05) is 26.4 Å². The average Bonchev–Trinajstić information content (AvgIpc) is 3.03. The molecule has 0 aliphatic carbocycles. The molecular weight excluding hydrogens is 430 g/mol. The van der Waals surface area contributed by atoms with E-state index in [1.165, 1.54) is 15.5 Å². The molecule has 2 aliphatic rings. The number of piperidine rings is 1. The van der Waals surface area contributed by atoms with Gasteiger partial charge >= 0.3 is 0 Å². The molecule has 1 fully saturated rings. The summed E-state index contributed by atoms with van der Waals surface area (Å²) in [4.78, 5) is 41.2. The SMILES string of the molecule is CN(C1CCN(C(=O)c2cccc(CN3C(=O)c4ccccc4C3=O)c2)CC1)S(C)(=O)=O. The number of sulfonamides is 1. The summed E-state index contributed by atoms with van der Waals surface area (Å²) in [7, 11) is -1.70. The van der Waals surface area contributed by atoms with Gasteiger partial charge in [-0.15, -0.1) is 0 Å². The molecule has 0 saturated carbocycles. The van der Waals surface area contributed by atoms with Gasteiger partial charge in [-0.3, -0.25) is 19.3 Å². The number of carbonyl (C=O) groups is 3. The second-order valence-electron chi connectivity index (χ2n) is 8.24. The number of benzene rings is 2. The largest absolute Gasteiger partial charge is 0.339 e. The molecule has 168 valence electrons. The van der Waals surface area contributed by atoms with E-state index in [4.69, 9.17) is 0 Å². The van der Waals surface area contributed by atoms with Gasteiger partial charge in [-0.2, -0.15) is 0 Å². The normalized spacial score (nSPS) is 17.2. The molecule has 2 aromatic rings. The highest BCUT2D eigenvalue weighted by Gasteiger charge is 2.35. The zero-order valence-electron chi connectivity index (χ0n) is 18.0. The molecule has 4 rings (SSSR count). The van der Waals surface area contributed by atoms with Gasteiger partial charge in [0.1, 0.15) is 0 Å². The molecule has 1 saturated heterocycles. The summed E-state index contributed by atoms with van der Waals surface area (Å²) in [6.45, 7) is 1.02. The Kier molecular flexibility index (Phi) is 5.87. The Bertz CT molecular complexity index is 1150. The summed E-state index contributed by atoms with van der Waals surface area (Å²) in [6.07, 6.45) is 2.33. The van der Waals surface area contributed by atoms with Crippen molar-refractivity contribution >= 4 is 27.7 Å². The minimum atomic E-state index is -3.27. The number of likely N-dealkylation sites (tertiary alicyclic amines) is 1. The maximum Gasteiger partial charge on any atom is 0.261 e. The van der Waals surface area contributed by atoms with Crippen LogP contribution in [0.25, 0.3) is 0 Å². The maximum atomic E-state index is 13.0. The van der Waals surface area contributed by atoms with Crippen molar-refractivity contribution in [1.29, 1.82) is 0 Å². The molecule has 0 unspecified atom stereocenters. The van der Waals surface area contributed by atoms with Crippen LogP contribution in [-0.4, -0.2) is 72.7 Å². The summed E-state index contributed by atoms with van der Waals surface area (Å²) in [5, 5.41) is 0. The Morgan fingerprint density at radius 1 is 1.00 bits per heavy atom. The molecule has 2 aromatic carbocycles. The molecule has 2 aliphatic heterocycles. The standard InChI is InChI=1S/C23H25N3O5S/c1-24(32(2,30)31)18-10-12-25(13-11-18)21(27)17-7-5-6-16(14-17)15-26-22(28)19-8-3-4-9-20(19)23(26)29/h3-9,14,18H,10-13,15H2,1-2H3. The van der Waals surface area contributed by atoms with Crippen LogP contribution in [0.4, 0.5) is 0 Å². The lowest BCUT2D eigenvalue weighted by molar-refractivity contribution is 0.0641. The fourth-order valence-electron chi connectivity index (χ4n) is 4.25. The first-order valence-corrected chi connectivity index (χ1v) is 12.3. The van der Waals surface area contributed by atoms with Gasteiger partial charge < -0.3 is 4.90 Å². The highest BCUT2D eigenvalue weighted by Crippen LogP contribution is 2.25. The van der Waals surface area contributed by atoms with Crippen molar-refractivity contribution in [2.24, 2.45) is 0 Å². The lowest BCUT2D eigenvalue weighted by Gasteiger charge is -2.35. The number of rotatable bonds is 5. The summed E-state index contributed by atoms with van der Waals surface area (Å²) in [5.41, 5.74) is 1.96. The van der Waals surface area contributed by atoms with Crippen molar-refractivity contribution in [1.82, 2.24) is 14.1 Å². The van der Waals surface area contributed by atoms with E-state index in [2.05, 4.69) is 0 Å². The van der Waals surface area contributed by atoms with E-state index < -0.39 is 10.0 Å². The van der Waals surface area contributed by atoms with E-state index in [1.54, 1.807) is 60.5 Å². The fourth-order valence-corrected chi connectivity index (χ4v) is 5.01. The minimum absolute atomic E-state index is 0.0920. The van der Waals surface area contributed by atoms with Gasteiger partial charge in [0.2, 0.25) is 10.0 Å². The number of fused-ring (bicyclic) bond motifs is 1. The zero-order valence-corrected chi connectivity index (χ0v) is 18.8. The van der Waals surface area contributed by atoms with E-state index in [0.717, 1.165) is 0 Å². The van der Waals surface area contributed by atoms with Crippen LogP contribution in [0.15, 0.2) is 48.5 Å². The average molecular weight is 456 g/mol. The summed E-state index contributed by atoms with van der Waals surface area (Å²) in [6, 6.07) is 13.6. The Balaban J connectivity index is 1.43. The van der Waals surface area contributed by atoms with Crippen molar-refractivity contribution < 1.29 is 22.8 Å². The first kappa shape index (κ1) is 22.2. The molecule has 2 heterocycles. The molecule has 32 heavy (non-hydrogen) atoms. The van der Waals surface area contributed by atoms with Crippen LogP contribution in [0.3, 0.4) is 0 Å². The van der Waals surface area contributed by atoms with Crippen molar-refractivity contribution in [3.05, 3.63) is 70.8 Å². The van der Waals surface area contributed by atoms with Gasteiger partial charge in [-0.1, -0.05) is 24.3 Å². The fraction of sp³-hybridized carbons (Fsp3) is 0.348. The lowest BCUT2D eigenvalue weighted by Crippen LogP contribution is -2.47. The number of amides is 3. The Labute approximate surface area is 187 Å². The number of carbonyl (C=O) groups excluding carboxylic acids is 3. The molecule has 9 heteroatoms. The van der Waals surface area contributed by atoms with Crippen molar-refractivity contribution in [2.45, 2.75) is 25.4 Å². The lowest BCUT2D eigenvalue weighted by atomic mass is 10.0. The molecule has 0 bridgehead atoms. The van der Waals surface area contributed by atoms with Crippen LogP contribution in [0.5, 0.6) is 0 Å². The van der Waals surface area contributed by atoms with Crippen LogP contribution < -0.4 is 0 Å². The molecular formula is C23H25N3O5S. The zero-order chi connectivity index (χ0) is 23.0. The van der Waals surface area contributed by atoms with E-state index in [9.17, 15) is 22.8 Å². The number of hydrogen-bond donors (Lipinski definition) is 0. The third-order valence-electron chi connectivity index (χ3n) is 6.18. The second-order valence-corrected chi connectivity index (χ2v) is 10.3. The molecule has 0 radical (unpaired) electrons. The highest BCUT2D eigenvalue weighted by atomic mass is 32.2. The molecule has 3 amide bonds. The third-order valence-corrected chi connectivity index (χ3v) is 7.53. The van der Waals surface area contributed by atoms with Crippen LogP contribution >= 0.6 is 0 Å². The van der Waals surface area contributed by atoms with Gasteiger partial charge in [0.25, 0.3) is 17.7 Å². The van der Waals surface area contributed by atoms with Gasteiger partial charge in [-0.05, 0) is 42.7 Å². The summed E-state index contributed by atoms with van der Waals surface area (Å²) in [5.74, 6) is -0.812.